The van der Waals surface area contributed by atoms with Gasteiger partial charge in [-0.05, 0) is 45.9 Å². The van der Waals surface area contributed by atoms with Crippen molar-refractivity contribution in [1.29, 1.82) is 0 Å². The van der Waals surface area contributed by atoms with Crippen LogP contribution in [0.4, 0.5) is 0 Å². The van der Waals surface area contributed by atoms with Crippen molar-refractivity contribution in [2.45, 2.75) is 19.5 Å². The van der Waals surface area contributed by atoms with Gasteiger partial charge in [-0.25, -0.2) is 0 Å². The second-order valence-electron chi connectivity index (χ2n) is 3.83. The molecule has 4 heteroatoms. The summed E-state index contributed by atoms with van der Waals surface area (Å²) in [5, 5.41) is 6.39. The minimum absolute atomic E-state index is 0.320. The van der Waals surface area contributed by atoms with E-state index < -0.39 is 0 Å². The highest BCUT2D eigenvalue weighted by Crippen LogP contribution is 2.29. The van der Waals surface area contributed by atoms with Gasteiger partial charge in [-0.1, -0.05) is 29.8 Å². The molecule has 0 aliphatic carbocycles. The largest absolute Gasteiger partial charge is 0.305 e. The lowest BCUT2D eigenvalue weighted by Crippen LogP contribution is -2.17. The Morgan fingerprint density at radius 1 is 1.35 bits per heavy atom. The number of thiophene rings is 1. The summed E-state index contributed by atoms with van der Waals surface area (Å²) >= 11 is 11.4. The SMILES string of the molecule is CC(NCc1ccccc1Cl)c1sccc1Br. The molecule has 1 heterocycles. The van der Waals surface area contributed by atoms with Gasteiger partial charge in [-0.2, -0.15) is 0 Å². The Balaban J connectivity index is 2.00. The van der Waals surface area contributed by atoms with E-state index in [0.29, 0.717) is 6.04 Å². The molecule has 1 N–H and O–H groups in total. The highest BCUT2D eigenvalue weighted by atomic mass is 79.9. The Bertz CT molecular complexity index is 498. The van der Waals surface area contributed by atoms with E-state index in [0.717, 1.165) is 17.1 Å². The van der Waals surface area contributed by atoms with Crippen molar-refractivity contribution in [2.24, 2.45) is 0 Å². The van der Waals surface area contributed by atoms with Crippen molar-refractivity contribution < 1.29 is 0 Å². The standard InChI is InChI=1S/C13H13BrClNS/c1-9(13-11(14)6-7-17-13)16-8-10-4-2-3-5-12(10)15/h2-7,9,16H,8H2,1H3. The topological polar surface area (TPSA) is 12.0 Å². The highest BCUT2D eigenvalue weighted by Gasteiger charge is 2.10. The summed E-state index contributed by atoms with van der Waals surface area (Å²) < 4.78 is 1.17. The molecule has 0 spiro atoms. The monoisotopic (exact) mass is 329 g/mol. The van der Waals surface area contributed by atoms with Crippen LogP contribution in [0.3, 0.4) is 0 Å². The molecular weight excluding hydrogens is 318 g/mol. The van der Waals surface area contributed by atoms with Crippen molar-refractivity contribution in [3.05, 3.63) is 55.6 Å². The van der Waals surface area contributed by atoms with Crippen LogP contribution >= 0.6 is 38.9 Å². The first-order valence-electron chi connectivity index (χ1n) is 5.38. The van der Waals surface area contributed by atoms with Gasteiger partial charge in [0.2, 0.25) is 0 Å². The molecule has 0 saturated carbocycles. The number of hydrogen-bond acceptors (Lipinski definition) is 2. The molecule has 2 aromatic rings. The first-order valence-corrected chi connectivity index (χ1v) is 7.43. The molecule has 1 atom stereocenters. The predicted octanol–water partition coefficient (Wildman–Crippen LogP) is 5.01. The molecule has 0 saturated heterocycles. The van der Waals surface area contributed by atoms with Crippen LogP contribution in [-0.2, 0) is 6.54 Å². The van der Waals surface area contributed by atoms with Crippen LogP contribution in [0.2, 0.25) is 5.02 Å². The van der Waals surface area contributed by atoms with Crippen molar-refractivity contribution in [1.82, 2.24) is 5.32 Å². The number of nitrogens with one attached hydrogen (secondary N) is 1. The predicted molar refractivity (Wildman–Crippen MR) is 78.7 cm³/mol. The minimum atomic E-state index is 0.320. The normalized spacial score (nSPS) is 12.6. The van der Waals surface area contributed by atoms with Crippen LogP contribution in [0.25, 0.3) is 0 Å². The van der Waals surface area contributed by atoms with Crippen LogP contribution < -0.4 is 5.32 Å². The summed E-state index contributed by atoms with van der Waals surface area (Å²) in [4.78, 5) is 1.32. The maximum atomic E-state index is 6.12. The van der Waals surface area contributed by atoms with Crippen LogP contribution in [0.1, 0.15) is 23.4 Å². The Labute approximate surface area is 119 Å². The zero-order chi connectivity index (χ0) is 12.3. The van der Waals surface area contributed by atoms with Crippen molar-refractivity contribution in [2.75, 3.05) is 0 Å². The van der Waals surface area contributed by atoms with Crippen LogP contribution in [-0.4, -0.2) is 0 Å². The maximum Gasteiger partial charge on any atom is 0.0450 e. The third-order valence-corrected chi connectivity index (χ3v) is 5.02. The lowest BCUT2D eigenvalue weighted by atomic mass is 10.2. The summed E-state index contributed by atoms with van der Waals surface area (Å²) in [7, 11) is 0. The van der Waals surface area contributed by atoms with Crippen molar-refractivity contribution >= 4 is 38.9 Å². The van der Waals surface area contributed by atoms with E-state index in [4.69, 9.17) is 11.6 Å². The van der Waals surface area contributed by atoms with Crippen LogP contribution in [0, 0.1) is 0 Å². The van der Waals surface area contributed by atoms with E-state index >= 15 is 0 Å². The quantitative estimate of drug-likeness (QED) is 0.830. The number of hydrogen-bond donors (Lipinski definition) is 1. The fourth-order valence-electron chi connectivity index (χ4n) is 1.61. The first kappa shape index (κ1) is 13.1. The van der Waals surface area contributed by atoms with Crippen LogP contribution in [0.15, 0.2) is 40.2 Å². The molecule has 0 amide bonds. The molecule has 2 rings (SSSR count). The van der Waals surface area contributed by atoms with Gasteiger partial charge >= 0.3 is 0 Å². The second-order valence-corrected chi connectivity index (χ2v) is 6.04. The Hall–Kier alpha value is -0.350. The molecule has 90 valence electrons. The zero-order valence-electron chi connectivity index (χ0n) is 9.41. The Morgan fingerprint density at radius 3 is 2.76 bits per heavy atom. The molecule has 0 bridgehead atoms. The molecule has 0 aliphatic rings. The van der Waals surface area contributed by atoms with Gasteiger partial charge in [-0.15, -0.1) is 11.3 Å². The molecule has 1 aromatic heterocycles. The van der Waals surface area contributed by atoms with Gasteiger partial charge in [0.25, 0.3) is 0 Å². The lowest BCUT2D eigenvalue weighted by Gasteiger charge is -2.13. The summed E-state index contributed by atoms with van der Waals surface area (Å²) in [5.41, 5.74) is 1.13. The van der Waals surface area contributed by atoms with Crippen LogP contribution in [0.5, 0.6) is 0 Å². The zero-order valence-corrected chi connectivity index (χ0v) is 12.6. The van der Waals surface area contributed by atoms with E-state index in [1.165, 1.54) is 9.35 Å². The van der Waals surface area contributed by atoms with E-state index in [2.05, 4.69) is 39.6 Å². The molecule has 0 fully saturated rings. The van der Waals surface area contributed by atoms with Crippen molar-refractivity contribution in [3.8, 4) is 0 Å². The average Bonchev–Trinajstić information content (AvgIpc) is 2.74. The Morgan fingerprint density at radius 2 is 2.12 bits per heavy atom. The molecule has 1 nitrogen and oxygen atoms in total. The minimum Gasteiger partial charge on any atom is -0.305 e. The molecular formula is C13H13BrClNS. The number of rotatable bonds is 4. The third-order valence-electron chi connectivity index (χ3n) is 2.59. The van der Waals surface area contributed by atoms with Gasteiger partial charge in [0.05, 0.1) is 0 Å². The summed E-state index contributed by atoms with van der Waals surface area (Å²) in [5.74, 6) is 0. The van der Waals surface area contributed by atoms with E-state index in [9.17, 15) is 0 Å². The highest BCUT2D eigenvalue weighted by molar-refractivity contribution is 9.10. The van der Waals surface area contributed by atoms with Gasteiger partial charge < -0.3 is 5.32 Å². The van der Waals surface area contributed by atoms with E-state index in [1.54, 1.807) is 11.3 Å². The summed E-state index contributed by atoms with van der Waals surface area (Å²) in [6, 6.07) is 10.3. The molecule has 1 unspecified atom stereocenters. The molecule has 0 aliphatic heterocycles. The fraction of sp³-hybridized carbons (Fsp3) is 0.231. The third kappa shape index (κ3) is 3.32. The van der Waals surface area contributed by atoms with Crippen molar-refractivity contribution in [3.63, 3.8) is 0 Å². The Kier molecular flexibility index (Phi) is 4.62. The molecule has 0 radical (unpaired) electrons. The number of halogens is 2. The van der Waals surface area contributed by atoms with E-state index in [1.807, 2.05) is 24.3 Å². The van der Waals surface area contributed by atoms with Gasteiger partial charge in [0, 0.05) is 27.0 Å². The first-order chi connectivity index (χ1) is 8.18. The van der Waals surface area contributed by atoms with E-state index in [-0.39, 0.29) is 0 Å². The molecule has 17 heavy (non-hydrogen) atoms. The van der Waals surface area contributed by atoms with Gasteiger partial charge in [0.1, 0.15) is 0 Å². The second kappa shape index (κ2) is 6.01. The number of benzene rings is 1. The summed E-state index contributed by atoms with van der Waals surface area (Å²) in [6.45, 7) is 2.94. The van der Waals surface area contributed by atoms with Gasteiger partial charge in [0.15, 0.2) is 0 Å². The fourth-order valence-corrected chi connectivity index (χ4v) is 3.56. The average molecular weight is 331 g/mol. The smallest absolute Gasteiger partial charge is 0.0450 e. The van der Waals surface area contributed by atoms with Gasteiger partial charge in [-0.3, -0.25) is 0 Å². The molecule has 1 aromatic carbocycles. The summed E-state index contributed by atoms with van der Waals surface area (Å²) in [6.07, 6.45) is 0. The lowest BCUT2D eigenvalue weighted by molar-refractivity contribution is 0.581. The maximum absolute atomic E-state index is 6.12.